The second-order valence-electron chi connectivity index (χ2n) is 6.73. The third-order valence-electron chi connectivity index (χ3n) is 4.70. The number of hydrogen-bond donors (Lipinski definition) is 1. The zero-order chi connectivity index (χ0) is 21.3. The number of hydrogen-bond acceptors (Lipinski definition) is 7. The molecule has 2 N–H and O–H groups in total. The molecular formula is C19H17F3N6O2. The van der Waals surface area contributed by atoms with E-state index >= 15 is 0 Å². The lowest BCUT2D eigenvalue weighted by atomic mass is 10.1. The molecule has 1 amide bonds. The Morgan fingerprint density at radius 1 is 1.10 bits per heavy atom. The van der Waals surface area contributed by atoms with Gasteiger partial charge in [-0.05, 0) is 24.3 Å². The van der Waals surface area contributed by atoms with Crippen LogP contribution in [0.4, 0.5) is 24.7 Å². The van der Waals surface area contributed by atoms with Gasteiger partial charge in [-0.2, -0.15) is 18.2 Å². The van der Waals surface area contributed by atoms with E-state index in [9.17, 15) is 18.0 Å². The molecule has 156 valence electrons. The van der Waals surface area contributed by atoms with E-state index in [0.717, 1.165) is 5.82 Å². The van der Waals surface area contributed by atoms with Gasteiger partial charge in [-0.25, -0.2) is 4.98 Å². The van der Waals surface area contributed by atoms with Crippen molar-refractivity contribution in [1.29, 1.82) is 0 Å². The van der Waals surface area contributed by atoms with Crippen molar-refractivity contribution < 1.29 is 22.5 Å². The van der Waals surface area contributed by atoms with Crippen molar-refractivity contribution in [2.75, 3.05) is 36.8 Å². The van der Waals surface area contributed by atoms with Crippen molar-refractivity contribution in [3.05, 3.63) is 54.0 Å². The minimum absolute atomic E-state index is 0.221. The van der Waals surface area contributed by atoms with E-state index < -0.39 is 12.1 Å². The smallest absolute Gasteiger partial charge is 0.397 e. The molecule has 8 nitrogen and oxygen atoms in total. The summed E-state index contributed by atoms with van der Waals surface area (Å²) in [5.74, 6) is -1.09. The number of pyridine rings is 1. The molecule has 0 aliphatic carbocycles. The van der Waals surface area contributed by atoms with Crippen LogP contribution in [-0.4, -0.2) is 52.1 Å². The van der Waals surface area contributed by atoms with Crippen molar-refractivity contribution >= 4 is 17.4 Å². The van der Waals surface area contributed by atoms with E-state index in [1.165, 1.54) is 12.1 Å². The minimum atomic E-state index is -4.72. The highest BCUT2D eigenvalue weighted by Crippen LogP contribution is 2.29. The van der Waals surface area contributed by atoms with Gasteiger partial charge in [-0.3, -0.25) is 4.79 Å². The summed E-state index contributed by atoms with van der Waals surface area (Å²) in [6.07, 6.45) is -3.14. The van der Waals surface area contributed by atoms with E-state index in [1.807, 2.05) is 6.07 Å². The molecular weight excluding hydrogens is 401 g/mol. The lowest BCUT2D eigenvalue weighted by Gasteiger charge is -2.35. The number of halogens is 3. The van der Waals surface area contributed by atoms with Gasteiger partial charge in [0.05, 0.1) is 11.9 Å². The molecule has 1 fully saturated rings. The zero-order valence-corrected chi connectivity index (χ0v) is 15.6. The number of piperazine rings is 1. The number of nitrogen functional groups attached to an aromatic ring is 1. The summed E-state index contributed by atoms with van der Waals surface area (Å²) in [5, 5.41) is 3.36. The Morgan fingerprint density at radius 2 is 1.87 bits per heavy atom. The van der Waals surface area contributed by atoms with Crippen LogP contribution < -0.4 is 10.6 Å². The van der Waals surface area contributed by atoms with E-state index in [1.54, 1.807) is 29.3 Å². The zero-order valence-electron chi connectivity index (χ0n) is 15.6. The lowest BCUT2D eigenvalue weighted by Crippen LogP contribution is -2.49. The Bertz CT molecular complexity index is 1040. The second kappa shape index (κ2) is 7.65. The average molecular weight is 418 g/mol. The number of carbonyl (C=O) groups excluding carboxylic acids is 1. The maximum Gasteiger partial charge on any atom is 0.471 e. The monoisotopic (exact) mass is 418 g/mol. The minimum Gasteiger partial charge on any atom is -0.397 e. The predicted molar refractivity (Wildman–Crippen MR) is 102 cm³/mol. The summed E-state index contributed by atoms with van der Waals surface area (Å²) < 4.78 is 42.3. The number of alkyl halides is 3. The summed E-state index contributed by atoms with van der Waals surface area (Å²) in [7, 11) is 0. The molecule has 4 rings (SSSR count). The largest absolute Gasteiger partial charge is 0.471 e. The van der Waals surface area contributed by atoms with Crippen molar-refractivity contribution in [1.82, 2.24) is 20.0 Å². The standard InChI is InChI=1S/C19H17F3N6O2/c20-19(21,22)18-25-16(26-30-18)12-2-1-3-13(10-12)17(29)28-8-6-27(7-9-28)15-5-4-14(23)11-24-15/h1-5,10-11H,6-9,23H2. The summed E-state index contributed by atoms with van der Waals surface area (Å²) >= 11 is 0. The Balaban J connectivity index is 1.45. The molecule has 0 saturated carbocycles. The fourth-order valence-electron chi connectivity index (χ4n) is 3.15. The van der Waals surface area contributed by atoms with Crippen LogP contribution in [0.25, 0.3) is 11.4 Å². The van der Waals surface area contributed by atoms with Gasteiger partial charge in [0.1, 0.15) is 5.82 Å². The van der Waals surface area contributed by atoms with Crippen molar-refractivity contribution in [2.24, 2.45) is 0 Å². The molecule has 30 heavy (non-hydrogen) atoms. The Kier molecular flexibility index (Phi) is 5.02. The topological polar surface area (TPSA) is 101 Å². The van der Waals surface area contributed by atoms with Gasteiger partial charge in [0.15, 0.2) is 0 Å². The maximum atomic E-state index is 12.9. The summed E-state index contributed by atoms with van der Waals surface area (Å²) in [5.41, 5.74) is 6.84. The van der Waals surface area contributed by atoms with E-state index in [4.69, 9.17) is 5.73 Å². The maximum absolute atomic E-state index is 12.9. The van der Waals surface area contributed by atoms with Gasteiger partial charge < -0.3 is 20.1 Å². The fourth-order valence-corrected chi connectivity index (χ4v) is 3.15. The molecule has 11 heteroatoms. The van der Waals surface area contributed by atoms with Crippen LogP contribution in [0, 0.1) is 0 Å². The quantitative estimate of drug-likeness (QED) is 0.698. The predicted octanol–water partition coefficient (Wildman–Crippen LogP) is 2.70. The first kappa shape index (κ1) is 19.7. The summed E-state index contributed by atoms with van der Waals surface area (Å²) in [6.45, 7) is 2.16. The SMILES string of the molecule is Nc1ccc(N2CCN(C(=O)c3cccc(-c4noc(C(F)(F)F)n4)c3)CC2)nc1. The molecule has 2 aromatic heterocycles. The first-order chi connectivity index (χ1) is 14.3. The molecule has 0 atom stereocenters. The number of nitrogens with zero attached hydrogens (tertiary/aromatic N) is 5. The van der Waals surface area contributed by atoms with Crippen LogP contribution >= 0.6 is 0 Å². The Morgan fingerprint density at radius 3 is 2.50 bits per heavy atom. The van der Waals surface area contributed by atoms with Gasteiger partial charge in [-0.1, -0.05) is 17.3 Å². The van der Waals surface area contributed by atoms with E-state index in [-0.39, 0.29) is 17.3 Å². The van der Waals surface area contributed by atoms with Gasteiger partial charge in [-0.15, -0.1) is 0 Å². The molecule has 0 radical (unpaired) electrons. The highest BCUT2D eigenvalue weighted by molar-refractivity contribution is 5.95. The van der Waals surface area contributed by atoms with Crippen LogP contribution in [-0.2, 0) is 6.18 Å². The summed E-state index contributed by atoms with van der Waals surface area (Å²) in [6, 6.07) is 9.75. The van der Waals surface area contributed by atoms with Crippen molar-refractivity contribution in [3.8, 4) is 11.4 Å². The number of benzene rings is 1. The number of carbonyl (C=O) groups is 1. The van der Waals surface area contributed by atoms with Crippen LogP contribution in [0.3, 0.4) is 0 Å². The molecule has 0 spiro atoms. The van der Waals surface area contributed by atoms with Crippen LogP contribution in [0.5, 0.6) is 0 Å². The van der Waals surface area contributed by atoms with Gasteiger partial charge >= 0.3 is 12.1 Å². The number of amides is 1. The number of aromatic nitrogens is 3. The lowest BCUT2D eigenvalue weighted by molar-refractivity contribution is -0.159. The number of nitrogens with two attached hydrogens (primary N) is 1. The Hall–Kier alpha value is -3.63. The third kappa shape index (κ3) is 4.04. The molecule has 0 unspecified atom stereocenters. The van der Waals surface area contributed by atoms with E-state index in [2.05, 4.69) is 24.5 Å². The molecule has 1 aliphatic heterocycles. The normalized spacial score (nSPS) is 14.8. The highest BCUT2D eigenvalue weighted by Gasteiger charge is 2.38. The van der Waals surface area contributed by atoms with Gasteiger partial charge in [0, 0.05) is 37.3 Å². The summed E-state index contributed by atoms with van der Waals surface area (Å²) in [4.78, 5) is 24.3. The Labute approximate surface area is 169 Å². The molecule has 1 aliphatic rings. The second-order valence-corrected chi connectivity index (χ2v) is 6.73. The van der Waals surface area contributed by atoms with Crippen LogP contribution in [0.1, 0.15) is 16.2 Å². The average Bonchev–Trinajstić information content (AvgIpc) is 3.25. The molecule has 3 aromatic rings. The molecule has 1 saturated heterocycles. The van der Waals surface area contributed by atoms with Gasteiger partial charge in [0.25, 0.3) is 5.91 Å². The molecule has 3 heterocycles. The van der Waals surface area contributed by atoms with Crippen molar-refractivity contribution in [3.63, 3.8) is 0 Å². The molecule has 0 bridgehead atoms. The first-order valence-corrected chi connectivity index (χ1v) is 9.08. The van der Waals surface area contributed by atoms with E-state index in [0.29, 0.717) is 37.4 Å². The van der Waals surface area contributed by atoms with Gasteiger partial charge in [0.2, 0.25) is 5.82 Å². The molecule has 1 aromatic carbocycles. The third-order valence-corrected chi connectivity index (χ3v) is 4.70. The first-order valence-electron chi connectivity index (χ1n) is 9.08. The van der Waals surface area contributed by atoms with Crippen molar-refractivity contribution in [2.45, 2.75) is 6.18 Å². The number of rotatable bonds is 3. The highest BCUT2D eigenvalue weighted by atomic mass is 19.4. The fraction of sp³-hybridized carbons (Fsp3) is 0.263. The van der Waals surface area contributed by atoms with Crippen LogP contribution in [0.15, 0.2) is 47.1 Å². The van der Waals surface area contributed by atoms with Crippen LogP contribution in [0.2, 0.25) is 0 Å². The number of anilines is 2.